The molecule has 1 aliphatic heterocycles. The lowest BCUT2D eigenvalue weighted by Crippen LogP contribution is -2.50. The van der Waals surface area contributed by atoms with E-state index in [1.807, 2.05) is 13.1 Å². The fraction of sp³-hybridized carbons (Fsp3) is 0.714. The van der Waals surface area contributed by atoms with Crippen molar-refractivity contribution >= 4 is 20.3 Å². The zero-order valence-electron chi connectivity index (χ0n) is 20.4. The number of rotatable bonds is 8. The summed E-state index contributed by atoms with van der Waals surface area (Å²) in [5.41, 5.74) is -1.23. The summed E-state index contributed by atoms with van der Waals surface area (Å²) in [4.78, 5) is 50.8. The van der Waals surface area contributed by atoms with Gasteiger partial charge in [-0.15, -0.1) is 0 Å². The number of esters is 2. The minimum absolute atomic E-state index is 0.104. The predicted octanol–water partition coefficient (Wildman–Crippen LogP) is 1.19. The van der Waals surface area contributed by atoms with Gasteiger partial charge in [0.15, 0.2) is 20.5 Å². The van der Waals surface area contributed by atoms with Crippen molar-refractivity contribution in [2.75, 3.05) is 21.3 Å². The van der Waals surface area contributed by atoms with Crippen LogP contribution in [-0.2, 0) is 33.0 Å². The summed E-state index contributed by atoms with van der Waals surface area (Å²) in [5, 5.41) is -0.160. The highest BCUT2D eigenvalue weighted by molar-refractivity contribution is 6.74. The Balaban J connectivity index is 2.52. The van der Waals surface area contributed by atoms with Crippen LogP contribution in [0.2, 0.25) is 18.1 Å². The molecule has 2 heterocycles. The summed E-state index contributed by atoms with van der Waals surface area (Å²) < 4.78 is 29.2. The molecule has 186 valence electrons. The van der Waals surface area contributed by atoms with Gasteiger partial charge in [-0.05, 0) is 18.1 Å². The summed E-state index contributed by atoms with van der Waals surface area (Å²) in [5.74, 6) is -2.79. The van der Waals surface area contributed by atoms with E-state index >= 15 is 0 Å². The lowest BCUT2D eigenvalue weighted by atomic mass is 9.97. The number of ether oxygens (including phenoxy) is 4. The second kappa shape index (κ2) is 10.3. The van der Waals surface area contributed by atoms with E-state index in [-0.39, 0.29) is 11.5 Å². The van der Waals surface area contributed by atoms with E-state index in [0.717, 1.165) is 0 Å². The van der Waals surface area contributed by atoms with Crippen molar-refractivity contribution in [3.63, 3.8) is 0 Å². The van der Waals surface area contributed by atoms with Gasteiger partial charge in [0.25, 0.3) is 5.56 Å². The summed E-state index contributed by atoms with van der Waals surface area (Å²) in [7, 11) is 1.43. The summed E-state index contributed by atoms with van der Waals surface area (Å²) in [6.45, 7) is 10.3. The number of carbonyl (C=O) groups is 2. The molecule has 0 spiro atoms. The van der Waals surface area contributed by atoms with Crippen molar-refractivity contribution in [2.45, 2.75) is 69.9 Å². The molecule has 1 N–H and O–H groups in total. The third-order valence-electron chi connectivity index (χ3n) is 6.36. The number of carbonyl (C=O) groups excluding carboxylic acids is 2. The van der Waals surface area contributed by atoms with E-state index in [4.69, 9.17) is 23.4 Å². The summed E-state index contributed by atoms with van der Waals surface area (Å²) in [6, 6.07) is 1.19. The number of H-pyrrole nitrogens is 1. The van der Waals surface area contributed by atoms with Crippen LogP contribution in [0, 0.1) is 5.92 Å². The topological polar surface area (TPSA) is 135 Å². The van der Waals surface area contributed by atoms with Crippen LogP contribution < -0.4 is 11.2 Å². The zero-order valence-corrected chi connectivity index (χ0v) is 21.4. The molecule has 0 aromatic carbocycles. The Morgan fingerprint density at radius 1 is 1.12 bits per heavy atom. The number of aromatic nitrogens is 2. The molecular formula is C21H34N2O9Si. The molecule has 12 heteroatoms. The minimum Gasteiger partial charge on any atom is -0.468 e. The second-order valence-corrected chi connectivity index (χ2v) is 14.2. The average molecular weight is 487 g/mol. The largest absolute Gasteiger partial charge is 0.468 e. The molecule has 1 aromatic rings. The van der Waals surface area contributed by atoms with Crippen LogP contribution in [0.3, 0.4) is 0 Å². The van der Waals surface area contributed by atoms with Crippen LogP contribution in [0.25, 0.3) is 0 Å². The molecule has 0 radical (unpaired) electrons. The van der Waals surface area contributed by atoms with E-state index in [9.17, 15) is 19.2 Å². The van der Waals surface area contributed by atoms with E-state index in [2.05, 4.69) is 25.8 Å². The van der Waals surface area contributed by atoms with E-state index in [0.29, 0.717) is 0 Å². The fourth-order valence-electron chi connectivity index (χ4n) is 3.46. The van der Waals surface area contributed by atoms with E-state index in [1.165, 1.54) is 38.2 Å². The maximum absolute atomic E-state index is 12.5. The zero-order chi connectivity index (χ0) is 25.1. The number of hydrogen-bond acceptors (Lipinski definition) is 9. The van der Waals surface area contributed by atoms with E-state index in [1.54, 1.807) is 0 Å². The highest BCUT2D eigenvalue weighted by Crippen LogP contribution is 2.43. The first-order chi connectivity index (χ1) is 15.3. The molecule has 2 rings (SSSR count). The van der Waals surface area contributed by atoms with Crippen LogP contribution in [0.1, 0.15) is 33.4 Å². The van der Waals surface area contributed by atoms with Crippen molar-refractivity contribution in [1.82, 2.24) is 9.55 Å². The van der Waals surface area contributed by atoms with Gasteiger partial charge in [-0.3, -0.25) is 23.9 Å². The monoisotopic (exact) mass is 486 g/mol. The molecule has 33 heavy (non-hydrogen) atoms. The molecule has 1 unspecified atom stereocenters. The van der Waals surface area contributed by atoms with Gasteiger partial charge in [0, 0.05) is 25.8 Å². The highest BCUT2D eigenvalue weighted by atomic mass is 28.4. The van der Waals surface area contributed by atoms with Crippen LogP contribution in [0.5, 0.6) is 0 Å². The maximum atomic E-state index is 12.5. The molecule has 1 aliphatic rings. The third kappa shape index (κ3) is 5.80. The lowest BCUT2D eigenvalue weighted by molar-refractivity contribution is -0.161. The predicted molar refractivity (Wildman–Crippen MR) is 120 cm³/mol. The van der Waals surface area contributed by atoms with Crippen molar-refractivity contribution in [2.24, 2.45) is 5.92 Å². The van der Waals surface area contributed by atoms with Crippen LogP contribution >= 0.6 is 0 Å². The number of hydrogen-bond donors (Lipinski definition) is 1. The van der Waals surface area contributed by atoms with Gasteiger partial charge in [-0.2, -0.15) is 0 Å². The average Bonchev–Trinajstić information content (AvgIpc) is 3.06. The first-order valence-corrected chi connectivity index (χ1v) is 13.5. The van der Waals surface area contributed by atoms with Gasteiger partial charge < -0.3 is 23.4 Å². The van der Waals surface area contributed by atoms with Crippen molar-refractivity contribution in [1.29, 1.82) is 0 Å². The molecule has 0 bridgehead atoms. The number of methoxy groups -OCH3 is 3. The van der Waals surface area contributed by atoms with Crippen LogP contribution in [0.4, 0.5) is 0 Å². The van der Waals surface area contributed by atoms with Gasteiger partial charge in [0.05, 0.1) is 20.3 Å². The Bertz CT molecular complexity index is 949. The molecule has 11 nitrogen and oxygen atoms in total. The lowest BCUT2D eigenvalue weighted by Gasteiger charge is -2.40. The maximum Gasteiger partial charge on any atom is 0.330 e. The molecule has 0 amide bonds. The SMILES string of the molecule is COC(=O)C(C[C@H]1O[C@@H](n2ccc(=O)[nH]c2=O)[C@@H](OC)C1O[Si](C)(C)C(C)(C)C)C(=O)OC. The summed E-state index contributed by atoms with van der Waals surface area (Å²) >= 11 is 0. The van der Waals surface area contributed by atoms with Gasteiger partial charge in [0.2, 0.25) is 0 Å². The van der Waals surface area contributed by atoms with Gasteiger partial charge in [0.1, 0.15) is 12.2 Å². The molecule has 0 aliphatic carbocycles. The molecular weight excluding hydrogens is 452 g/mol. The van der Waals surface area contributed by atoms with Gasteiger partial charge in [-0.25, -0.2) is 4.79 Å². The third-order valence-corrected chi connectivity index (χ3v) is 10.8. The van der Waals surface area contributed by atoms with Crippen LogP contribution in [0.15, 0.2) is 21.9 Å². The van der Waals surface area contributed by atoms with Crippen molar-refractivity contribution in [3.05, 3.63) is 33.1 Å². The molecule has 0 saturated carbocycles. The first kappa shape index (κ1) is 27.0. The molecule has 1 fully saturated rings. The quantitative estimate of drug-likeness (QED) is 0.326. The molecule has 4 atom stereocenters. The number of nitrogens with zero attached hydrogens (tertiary/aromatic N) is 1. The normalized spacial score (nSPS) is 23.5. The number of nitrogens with one attached hydrogen (secondary N) is 1. The summed E-state index contributed by atoms with van der Waals surface area (Å²) in [6.07, 6.45) is -2.04. The van der Waals surface area contributed by atoms with Crippen molar-refractivity contribution < 1.29 is 33.0 Å². The van der Waals surface area contributed by atoms with Crippen LogP contribution in [-0.4, -0.2) is 69.4 Å². The molecule has 1 saturated heterocycles. The van der Waals surface area contributed by atoms with Gasteiger partial charge in [-0.1, -0.05) is 20.8 Å². The Morgan fingerprint density at radius 2 is 1.70 bits per heavy atom. The Morgan fingerprint density at radius 3 is 2.15 bits per heavy atom. The van der Waals surface area contributed by atoms with E-state index < -0.39 is 62.0 Å². The van der Waals surface area contributed by atoms with Gasteiger partial charge >= 0.3 is 17.6 Å². The standard InChI is InChI=1S/C21H34N2O9Si/c1-21(2,3)33(7,8)32-15-13(11-12(18(25)29-5)19(26)30-6)31-17(16(15)28-4)23-10-9-14(24)22-20(23)27/h9-10,12-13,15-17H,11H2,1-8H3,(H,22,24,27)/t13-,15?,16+,17-/m1/s1. The minimum atomic E-state index is -2.38. The first-order valence-electron chi connectivity index (χ1n) is 10.6. The Labute approximate surface area is 193 Å². The Kier molecular flexibility index (Phi) is 8.44. The second-order valence-electron chi connectivity index (χ2n) is 9.46. The number of aromatic amines is 1. The highest BCUT2D eigenvalue weighted by Gasteiger charge is 2.52. The van der Waals surface area contributed by atoms with Crippen molar-refractivity contribution in [3.8, 4) is 0 Å². The fourth-order valence-corrected chi connectivity index (χ4v) is 4.78. The Hall–Kier alpha value is -2.28. The smallest absolute Gasteiger partial charge is 0.330 e. The molecule has 1 aromatic heterocycles.